The van der Waals surface area contributed by atoms with Crippen LogP contribution in [-0.4, -0.2) is 23.8 Å². The summed E-state index contributed by atoms with van der Waals surface area (Å²) in [6.07, 6.45) is 1.47. The number of nitrogens with one attached hydrogen (secondary N) is 3. The number of benzene rings is 2. The molecule has 0 saturated carbocycles. The highest BCUT2D eigenvalue weighted by atomic mass is 32.1. The topological polar surface area (TPSA) is 78.5 Å². The van der Waals surface area contributed by atoms with Gasteiger partial charge in [-0.05, 0) is 36.4 Å². The van der Waals surface area contributed by atoms with Crippen molar-refractivity contribution < 1.29 is 4.74 Å². The van der Waals surface area contributed by atoms with Gasteiger partial charge < -0.3 is 15.0 Å². The largest absolute Gasteiger partial charge is 0.497 e. The fraction of sp³-hybridized carbons (Fsp3) is 0.111. The molecule has 0 radical (unpaired) electrons. The van der Waals surface area contributed by atoms with Gasteiger partial charge in [-0.25, -0.2) is 0 Å². The van der Waals surface area contributed by atoms with Crippen LogP contribution in [0.1, 0.15) is 5.56 Å². The van der Waals surface area contributed by atoms with Gasteiger partial charge in [-0.3, -0.25) is 10.2 Å². The number of hydrazone groups is 1. The second-order valence-electron chi connectivity index (χ2n) is 5.31. The first-order valence-electron chi connectivity index (χ1n) is 7.65. The van der Waals surface area contributed by atoms with Crippen molar-refractivity contribution in [1.29, 1.82) is 0 Å². The molecule has 0 spiro atoms. The number of ether oxygens (including phenoxy) is 1. The Bertz CT molecular complexity index is 941. The third-order valence-corrected chi connectivity index (χ3v) is 3.80. The Hall–Kier alpha value is -2.93. The molecule has 0 saturated heterocycles. The molecule has 3 N–H and O–H groups in total. The average molecular weight is 354 g/mol. The normalized spacial score (nSPS) is 12.2. The number of hydrogen-bond donors (Lipinski definition) is 4. The maximum Gasteiger partial charge on any atom is 0.257 e. The van der Waals surface area contributed by atoms with E-state index in [1.165, 1.54) is 6.21 Å². The molecule has 0 fully saturated rings. The quantitative estimate of drug-likeness (QED) is 0.238. The summed E-state index contributed by atoms with van der Waals surface area (Å²) in [6.45, 7) is 0. The number of anilines is 1. The molecule has 25 heavy (non-hydrogen) atoms. The number of H-pyrrole nitrogens is 1. The molecule has 1 atom stereocenters. The zero-order valence-corrected chi connectivity index (χ0v) is 14.5. The second kappa shape index (κ2) is 7.76. The second-order valence-corrected chi connectivity index (χ2v) is 5.82. The molecule has 0 aliphatic carbocycles. The van der Waals surface area contributed by atoms with Gasteiger partial charge in [0.25, 0.3) is 5.56 Å². The minimum atomic E-state index is -0.390. The molecule has 3 rings (SSSR count). The Balaban J connectivity index is 1.72. The standard InChI is InChI=1S/C18H18N4O2S/c1-24-15-7-8-16-12(10-15)9-13(17(23)21-16)11-19-22-18(25)20-14-5-3-2-4-6-14/h2-11,18,20,22,25H,1H3,(H,21,23)/b19-11+. The molecule has 0 aliphatic heterocycles. The smallest absolute Gasteiger partial charge is 0.257 e. The highest BCUT2D eigenvalue weighted by Gasteiger charge is 2.03. The molecular weight excluding hydrogens is 336 g/mol. The number of pyridine rings is 1. The molecule has 6 nitrogen and oxygen atoms in total. The fourth-order valence-corrected chi connectivity index (χ4v) is 2.54. The Morgan fingerprint density at radius 2 is 2.00 bits per heavy atom. The number of fused-ring (bicyclic) bond motifs is 1. The number of rotatable bonds is 6. The van der Waals surface area contributed by atoms with Crippen molar-refractivity contribution in [3.05, 3.63) is 70.5 Å². The lowest BCUT2D eigenvalue weighted by Crippen LogP contribution is -2.27. The Labute approximate surface area is 150 Å². The number of hydrogen-bond acceptors (Lipinski definition) is 6. The third-order valence-electron chi connectivity index (χ3n) is 3.56. The zero-order chi connectivity index (χ0) is 17.6. The van der Waals surface area contributed by atoms with E-state index in [-0.39, 0.29) is 5.56 Å². The van der Waals surface area contributed by atoms with Gasteiger partial charge >= 0.3 is 0 Å². The van der Waals surface area contributed by atoms with E-state index >= 15 is 0 Å². The van der Waals surface area contributed by atoms with E-state index < -0.39 is 5.50 Å². The molecule has 0 amide bonds. The average Bonchev–Trinajstić information content (AvgIpc) is 2.62. The van der Waals surface area contributed by atoms with Crippen molar-refractivity contribution in [2.45, 2.75) is 5.50 Å². The highest BCUT2D eigenvalue weighted by Crippen LogP contribution is 2.18. The first kappa shape index (κ1) is 16.9. The van der Waals surface area contributed by atoms with Crippen LogP contribution in [0.3, 0.4) is 0 Å². The highest BCUT2D eigenvalue weighted by molar-refractivity contribution is 7.81. The van der Waals surface area contributed by atoms with Crippen molar-refractivity contribution in [3.63, 3.8) is 0 Å². The lowest BCUT2D eigenvalue weighted by atomic mass is 10.1. The van der Waals surface area contributed by atoms with Gasteiger partial charge in [0.15, 0.2) is 5.50 Å². The minimum absolute atomic E-state index is 0.213. The van der Waals surface area contributed by atoms with Gasteiger partial charge in [0, 0.05) is 16.6 Å². The van der Waals surface area contributed by atoms with E-state index in [9.17, 15) is 4.79 Å². The number of methoxy groups -OCH3 is 1. The number of aromatic amines is 1. The maximum absolute atomic E-state index is 12.1. The Morgan fingerprint density at radius 3 is 2.76 bits per heavy atom. The van der Waals surface area contributed by atoms with Crippen LogP contribution < -0.4 is 21.0 Å². The van der Waals surface area contributed by atoms with Crippen LogP contribution in [-0.2, 0) is 0 Å². The monoisotopic (exact) mass is 354 g/mol. The number of aromatic nitrogens is 1. The van der Waals surface area contributed by atoms with Crippen molar-refractivity contribution in [2.75, 3.05) is 12.4 Å². The molecule has 1 unspecified atom stereocenters. The third kappa shape index (κ3) is 4.33. The summed E-state index contributed by atoms with van der Waals surface area (Å²) in [7, 11) is 1.60. The predicted molar refractivity (Wildman–Crippen MR) is 105 cm³/mol. The molecule has 3 aromatic rings. The molecule has 1 aromatic heterocycles. The molecule has 2 aromatic carbocycles. The molecule has 0 bridgehead atoms. The van der Waals surface area contributed by atoms with Gasteiger partial charge in [-0.2, -0.15) is 5.10 Å². The van der Waals surface area contributed by atoms with Gasteiger partial charge in [-0.1, -0.05) is 18.2 Å². The molecule has 128 valence electrons. The van der Waals surface area contributed by atoms with E-state index in [1.54, 1.807) is 19.2 Å². The molecular formula is C18H18N4O2S. The Morgan fingerprint density at radius 1 is 1.20 bits per heavy atom. The first-order valence-corrected chi connectivity index (χ1v) is 8.16. The predicted octanol–water partition coefficient (Wildman–Crippen LogP) is 2.79. The summed E-state index contributed by atoms with van der Waals surface area (Å²) in [5, 5.41) is 8.07. The number of nitrogens with zero attached hydrogens (tertiary/aromatic N) is 1. The van der Waals surface area contributed by atoms with Crippen molar-refractivity contribution in [1.82, 2.24) is 10.4 Å². The van der Waals surface area contributed by atoms with E-state index in [2.05, 4.69) is 33.5 Å². The lowest BCUT2D eigenvalue weighted by Gasteiger charge is -2.13. The van der Waals surface area contributed by atoms with Crippen LogP contribution in [0, 0.1) is 0 Å². The van der Waals surface area contributed by atoms with Crippen molar-refractivity contribution >= 4 is 35.4 Å². The molecule has 0 aliphatic rings. The molecule has 7 heteroatoms. The van der Waals surface area contributed by atoms with Gasteiger partial charge in [-0.15, -0.1) is 12.6 Å². The van der Waals surface area contributed by atoms with Crippen LogP contribution in [0.2, 0.25) is 0 Å². The van der Waals surface area contributed by atoms with Gasteiger partial charge in [0.2, 0.25) is 0 Å². The summed E-state index contributed by atoms with van der Waals surface area (Å²) in [4.78, 5) is 14.9. The number of para-hydroxylation sites is 1. The first-order chi connectivity index (χ1) is 12.2. The van der Waals surface area contributed by atoms with Crippen LogP contribution in [0.4, 0.5) is 5.69 Å². The Kier molecular flexibility index (Phi) is 5.25. The van der Waals surface area contributed by atoms with Crippen LogP contribution in [0.15, 0.2) is 64.5 Å². The van der Waals surface area contributed by atoms with Crippen LogP contribution in [0.5, 0.6) is 5.75 Å². The van der Waals surface area contributed by atoms with Crippen molar-refractivity contribution in [3.8, 4) is 5.75 Å². The lowest BCUT2D eigenvalue weighted by molar-refractivity contribution is 0.415. The van der Waals surface area contributed by atoms with E-state index in [1.807, 2.05) is 42.5 Å². The van der Waals surface area contributed by atoms with E-state index in [4.69, 9.17) is 4.74 Å². The summed E-state index contributed by atoms with van der Waals surface area (Å²) < 4.78 is 5.21. The fourth-order valence-electron chi connectivity index (χ4n) is 2.33. The summed E-state index contributed by atoms with van der Waals surface area (Å²) in [6, 6.07) is 16.9. The summed E-state index contributed by atoms with van der Waals surface area (Å²) in [5.41, 5.74) is 4.32. The van der Waals surface area contributed by atoms with Gasteiger partial charge in [0.05, 0.1) is 18.9 Å². The maximum atomic E-state index is 12.1. The van der Waals surface area contributed by atoms with Crippen molar-refractivity contribution in [2.24, 2.45) is 5.10 Å². The van der Waals surface area contributed by atoms with E-state index in [0.717, 1.165) is 22.3 Å². The molecule has 1 heterocycles. The zero-order valence-electron chi connectivity index (χ0n) is 13.6. The van der Waals surface area contributed by atoms with Crippen LogP contribution in [0.25, 0.3) is 10.9 Å². The number of thiol groups is 1. The van der Waals surface area contributed by atoms with Crippen LogP contribution >= 0.6 is 12.6 Å². The summed E-state index contributed by atoms with van der Waals surface area (Å²) in [5.74, 6) is 0.725. The minimum Gasteiger partial charge on any atom is -0.497 e. The summed E-state index contributed by atoms with van der Waals surface area (Å²) >= 11 is 4.36. The SMILES string of the molecule is COc1ccc2[nH]c(=O)c(/C=N/NC(S)Nc3ccccc3)cc2c1. The van der Waals surface area contributed by atoms with Gasteiger partial charge in [0.1, 0.15) is 5.75 Å². The van der Waals surface area contributed by atoms with E-state index in [0.29, 0.717) is 5.56 Å².